The van der Waals surface area contributed by atoms with Gasteiger partial charge in [0, 0.05) is 24.3 Å². The summed E-state index contributed by atoms with van der Waals surface area (Å²) in [6.45, 7) is 3.64. The van der Waals surface area contributed by atoms with Gasteiger partial charge in [-0.3, -0.25) is 4.79 Å². The monoisotopic (exact) mass is 308 g/mol. The molecule has 1 heterocycles. The lowest BCUT2D eigenvalue weighted by Crippen LogP contribution is -2.38. The van der Waals surface area contributed by atoms with Crippen LogP contribution in [0.15, 0.2) is 48.5 Å². The minimum atomic E-state index is 0.131. The van der Waals surface area contributed by atoms with Crippen LogP contribution in [0.5, 0.6) is 0 Å². The number of amides is 1. The molecule has 0 atom stereocenters. The third kappa shape index (κ3) is 3.73. The molecule has 0 aromatic heterocycles. The van der Waals surface area contributed by atoms with Crippen molar-refractivity contribution in [1.82, 2.24) is 4.90 Å². The molecule has 0 unspecified atom stereocenters. The van der Waals surface area contributed by atoms with Crippen LogP contribution in [0, 0.1) is 12.8 Å². The molecule has 3 nitrogen and oxygen atoms in total. The molecule has 1 fully saturated rings. The second-order valence-corrected chi connectivity index (χ2v) is 6.50. The summed E-state index contributed by atoms with van der Waals surface area (Å²) in [4.78, 5) is 14.6. The maximum atomic E-state index is 12.6. The van der Waals surface area contributed by atoms with Gasteiger partial charge >= 0.3 is 0 Å². The molecule has 2 N–H and O–H groups in total. The van der Waals surface area contributed by atoms with Crippen LogP contribution in [0.1, 0.15) is 34.3 Å². The molecule has 0 spiro atoms. The number of hydrogen-bond donors (Lipinski definition) is 1. The predicted molar refractivity (Wildman–Crippen MR) is 94.4 cm³/mol. The van der Waals surface area contributed by atoms with Crippen molar-refractivity contribution in [2.24, 2.45) is 5.92 Å². The summed E-state index contributed by atoms with van der Waals surface area (Å²) in [7, 11) is 0. The summed E-state index contributed by atoms with van der Waals surface area (Å²) in [5.41, 5.74) is 9.68. The Morgan fingerprint density at radius 1 is 1.13 bits per heavy atom. The molecule has 0 bridgehead atoms. The SMILES string of the molecule is Cc1cc(C(=O)N2CCC(Cc3ccccc3)CC2)ccc1N. The summed E-state index contributed by atoms with van der Waals surface area (Å²) in [6.07, 6.45) is 3.27. The van der Waals surface area contributed by atoms with Gasteiger partial charge in [0.1, 0.15) is 0 Å². The number of piperidine rings is 1. The van der Waals surface area contributed by atoms with Gasteiger partial charge in [0.25, 0.3) is 5.91 Å². The number of nitrogens with two attached hydrogens (primary N) is 1. The van der Waals surface area contributed by atoms with Gasteiger partial charge in [-0.25, -0.2) is 0 Å². The summed E-state index contributed by atoms with van der Waals surface area (Å²) in [6, 6.07) is 16.2. The molecule has 0 radical (unpaired) electrons. The Labute approximate surface area is 138 Å². The van der Waals surface area contributed by atoms with Gasteiger partial charge in [0.05, 0.1) is 0 Å². The van der Waals surface area contributed by atoms with E-state index >= 15 is 0 Å². The number of nitrogens with zero attached hydrogens (tertiary/aromatic N) is 1. The van der Waals surface area contributed by atoms with Gasteiger partial charge in [-0.1, -0.05) is 30.3 Å². The molecular weight excluding hydrogens is 284 g/mol. The van der Waals surface area contributed by atoms with Crippen molar-refractivity contribution in [2.45, 2.75) is 26.2 Å². The average molecular weight is 308 g/mol. The highest BCUT2D eigenvalue weighted by Gasteiger charge is 2.23. The largest absolute Gasteiger partial charge is 0.399 e. The summed E-state index contributed by atoms with van der Waals surface area (Å²) in [5.74, 6) is 0.806. The topological polar surface area (TPSA) is 46.3 Å². The summed E-state index contributed by atoms with van der Waals surface area (Å²) in [5, 5.41) is 0. The van der Waals surface area contributed by atoms with E-state index in [0.29, 0.717) is 5.92 Å². The molecule has 2 aromatic rings. The van der Waals surface area contributed by atoms with Crippen LogP contribution in [0.25, 0.3) is 0 Å². The smallest absolute Gasteiger partial charge is 0.253 e. The molecule has 1 aliphatic heterocycles. The van der Waals surface area contributed by atoms with E-state index in [9.17, 15) is 4.79 Å². The van der Waals surface area contributed by atoms with E-state index in [1.807, 2.05) is 30.0 Å². The number of nitrogen functional groups attached to an aromatic ring is 1. The number of carbonyl (C=O) groups excluding carboxylic acids is 1. The predicted octanol–water partition coefficient (Wildman–Crippen LogP) is 3.67. The first-order valence-electron chi connectivity index (χ1n) is 8.33. The first kappa shape index (κ1) is 15.6. The van der Waals surface area contributed by atoms with Gasteiger partial charge in [-0.05, 0) is 61.4 Å². The van der Waals surface area contributed by atoms with Gasteiger partial charge in [0.2, 0.25) is 0 Å². The molecule has 1 aliphatic rings. The van der Waals surface area contributed by atoms with Crippen molar-refractivity contribution in [2.75, 3.05) is 18.8 Å². The van der Waals surface area contributed by atoms with Gasteiger partial charge < -0.3 is 10.6 Å². The second kappa shape index (κ2) is 6.86. The Morgan fingerprint density at radius 3 is 2.48 bits per heavy atom. The van der Waals surface area contributed by atoms with Crippen molar-refractivity contribution < 1.29 is 4.79 Å². The lowest BCUT2D eigenvalue weighted by molar-refractivity contribution is 0.0690. The van der Waals surface area contributed by atoms with E-state index in [1.54, 1.807) is 0 Å². The fourth-order valence-electron chi connectivity index (χ4n) is 3.28. The summed E-state index contributed by atoms with van der Waals surface area (Å²) < 4.78 is 0. The van der Waals surface area contributed by atoms with Gasteiger partial charge in [-0.15, -0.1) is 0 Å². The molecular formula is C20H24N2O. The lowest BCUT2D eigenvalue weighted by atomic mass is 9.90. The quantitative estimate of drug-likeness (QED) is 0.879. The van der Waals surface area contributed by atoms with E-state index in [4.69, 9.17) is 5.73 Å². The fraction of sp³-hybridized carbons (Fsp3) is 0.350. The van der Waals surface area contributed by atoms with Crippen molar-refractivity contribution in [3.63, 3.8) is 0 Å². The number of benzene rings is 2. The highest BCUT2D eigenvalue weighted by molar-refractivity contribution is 5.95. The molecule has 1 saturated heterocycles. The zero-order valence-corrected chi connectivity index (χ0v) is 13.7. The Bertz CT molecular complexity index is 673. The third-order valence-corrected chi connectivity index (χ3v) is 4.79. The zero-order chi connectivity index (χ0) is 16.2. The Hall–Kier alpha value is -2.29. The van der Waals surface area contributed by atoms with E-state index in [1.165, 1.54) is 5.56 Å². The first-order chi connectivity index (χ1) is 11.1. The van der Waals surface area contributed by atoms with E-state index < -0.39 is 0 Å². The molecule has 3 rings (SSSR count). The van der Waals surface area contributed by atoms with E-state index in [-0.39, 0.29) is 5.91 Å². The number of rotatable bonds is 3. The molecule has 0 saturated carbocycles. The Balaban J connectivity index is 1.58. The van der Waals surface area contributed by atoms with E-state index in [2.05, 4.69) is 30.3 Å². The number of carbonyl (C=O) groups is 1. The maximum absolute atomic E-state index is 12.6. The van der Waals surface area contributed by atoms with Crippen LogP contribution in [-0.2, 0) is 6.42 Å². The molecule has 120 valence electrons. The highest BCUT2D eigenvalue weighted by Crippen LogP contribution is 2.23. The molecule has 3 heteroatoms. The molecule has 23 heavy (non-hydrogen) atoms. The lowest BCUT2D eigenvalue weighted by Gasteiger charge is -2.32. The maximum Gasteiger partial charge on any atom is 0.253 e. The average Bonchev–Trinajstić information content (AvgIpc) is 2.58. The number of likely N-dealkylation sites (tertiary alicyclic amines) is 1. The minimum Gasteiger partial charge on any atom is -0.399 e. The summed E-state index contributed by atoms with van der Waals surface area (Å²) >= 11 is 0. The van der Waals surface area contributed by atoms with Crippen LogP contribution in [0.2, 0.25) is 0 Å². The highest BCUT2D eigenvalue weighted by atomic mass is 16.2. The Morgan fingerprint density at radius 2 is 1.83 bits per heavy atom. The van der Waals surface area contributed by atoms with E-state index in [0.717, 1.165) is 49.2 Å². The third-order valence-electron chi connectivity index (χ3n) is 4.79. The standard InChI is InChI=1S/C20H24N2O/c1-15-13-18(7-8-19(15)21)20(23)22-11-9-17(10-12-22)14-16-5-3-2-4-6-16/h2-8,13,17H,9-12,14,21H2,1H3. The van der Waals surface area contributed by atoms with Crippen LogP contribution in [0.4, 0.5) is 5.69 Å². The normalized spacial score (nSPS) is 15.6. The number of aryl methyl sites for hydroxylation is 1. The molecule has 2 aromatic carbocycles. The molecule has 1 amide bonds. The van der Waals surface area contributed by atoms with Gasteiger partial charge in [0.15, 0.2) is 0 Å². The minimum absolute atomic E-state index is 0.131. The second-order valence-electron chi connectivity index (χ2n) is 6.50. The van der Waals surface area contributed by atoms with Crippen molar-refractivity contribution in [3.8, 4) is 0 Å². The Kier molecular flexibility index (Phi) is 4.65. The van der Waals surface area contributed by atoms with Crippen LogP contribution >= 0.6 is 0 Å². The van der Waals surface area contributed by atoms with Crippen molar-refractivity contribution in [3.05, 3.63) is 65.2 Å². The van der Waals surface area contributed by atoms with Crippen molar-refractivity contribution >= 4 is 11.6 Å². The molecule has 0 aliphatic carbocycles. The number of hydrogen-bond acceptors (Lipinski definition) is 2. The fourth-order valence-corrected chi connectivity index (χ4v) is 3.28. The number of anilines is 1. The van der Waals surface area contributed by atoms with Crippen molar-refractivity contribution in [1.29, 1.82) is 0 Å². The zero-order valence-electron chi connectivity index (χ0n) is 13.7. The van der Waals surface area contributed by atoms with Crippen LogP contribution in [-0.4, -0.2) is 23.9 Å². The van der Waals surface area contributed by atoms with Crippen LogP contribution < -0.4 is 5.73 Å². The first-order valence-corrected chi connectivity index (χ1v) is 8.33. The van der Waals surface area contributed by atoms with Crippen LogP contribution in [0.3, 0.4) is 0 Å². The van der Waals surface area contributed by atoms with Gasteiger partial charge in [-0.2, -0.15) is 0 Å².